The molecular formula is C79H99F2N7O16Si2. The van der Waals surface area contributed by atoms with Crippen LogP contribution in [-0.4, -0.2) is 146 Å². The zero-order chi connectivity index (χ0) is 77.3. The maximum atomic E-state index is 15.4. The third kappa shape index (κ3) is 18.3. The molecule has 4 aliphatic rings. The maximum absolute atomic E-state index is 15.4. The van der Waals surface area contributed by atoms with Crippen LogP contribution in [0, 0.1) is 17.6 Å². The van der Waals surface area contributed by atoms with Gasteiger partial charge in [0.25, 0.3) is 11.8 Å². The Labute approximate surface area is 621 Å². The van der Waals surface area contributed by atoms with Crippen LogP contribution in [0.2, 0.25) is 36.3 Å². The summed E-state index contributed by atoms with van der Waals surface area (Å²) in [6, 6.07) is 21.3. The molecule has 106 heavy (non-hydrogen) atoms. The minimum absolute atomic E-state index is 0.0513. The van der Waals surface area contributed by atoms with Crippen LogP contribution in [-0.2, 0) is 39.3 Å². The summed E-state index contributed by atoms with van der Waals surface area (Å²) in [5.74, 6) is -2.31. The first kappa shape index (κ1) is 80.3. The Morgan fingerprint density at radius 3 is 1.42 bits per heavy atom. The van der Waals surface area contributed by atoms with Gasteiger partial charge in [0.05, 0.1) is 62.0 Å². The summed E-state index contributed by atoms with van der Waals surface area (Å²) < 4.78 is 85.0. The maximum Gasteiger partial charge on any atom is 0.416 e. The van der Waals surface area contributed by atoms with Crippen molar-refractivity contribution in [2.45, 2.75) is 174 Å². The molecule has 0 fully saturated rings. The zero-order valence-electron chi connectivity index (χ0n) is 63.2. The number of rotatable bonds is 28. The van der Waals surface area contributed by atoms with E-state index in [2.05, 4.69) is 83.7 Å². The van der Waals surface area contributed by atoms with E-state index in [1.807, 2.05) is 13.1 Å². The number of amides is 7. The summed E-state index contributed by atoms with van der Waals surface area (Å²) in [5.41, 5.74) is 4.27. The van der Waals surface area contributed by atoms with Gasteiger partial charge in [0, 0.05) is 30.2 Å². The number of carbonyl (C=O) groups is 7. The van der Waals surface area contributed by atoms with Crippen LogP contribution < -0.4 is 44.7 Å². The van der Waals surface area contributed by atoms with Gasteiger partial charge in [-0.1, -0.05) is 117 Å². The second-order valence-electron chi connectivity index (χ2n) is 30.0. The fraction of sp³-hybridized carbons (Fsp3) is 0.430. The van der Waals surface area contributed by atoms with E-state index in [4.69, 9.17) is 42.0 Å². The molecule has 0 spiro atoms. The lowest BCUT2D eigenvalue weighted by atomic mass is 10.0. The van der Waals surface area contributed by atoms with Crippen molar-refractivity contribution in [3.63, 3.8) is 0 Å². The molecule has 0 saturated carbocycles. The molecule has 2 unspecified atom stereocenters. The predicted molar refractivity (Wildman–Crippen MR) is 406 cm³/mol. The number of nitrogens with one attached hydrogen (secondary N) is 3. The van der Waals surface area contributed by atoms with Crippen molar-refractivity contribution in [3.05, 3.63) is 174 Å². The number of nitrogens with zero attached hydrogens (tertiary/aromatic N) is 4. The van der Waals surface area contributed by atoms with Crippen LogP contribution in [0.3, 0.4) is 0 Å². The summed E-state index contributed by atoms with van der Waals surface area (Å²) in [5, 5.41) is 7.23. The number of alkyl carbamates (subject to hydrolysis) is 1. The van der Waals surface area contributed by atoms with Crippen molar-refractivity contribution in [3.8, 4) is 23.0 Å². The van der Waals surface area contributed by atoms with E-state index >= 15 is 14.4 Å². The van der Waals surface area contributed by atoms with Crippen LogP contribution in [0.25, 0.3) is 11.1 Å². The van der Waals surface area contributed by atoms with Crippen LogP contribution in [0.5, 0.6) is 23.0 Å². The molecule has 3 N–H and O–H groups in total. The van der Waals surface area contributed by atoms with E-state index in [1.165, 1.54) is 73.4 Å². The minimum atomic E-state index is -2.88. The number of methoxy groups -OCH3 is 2. The smallest absolute Gasteiger partial charge is 0.416 e. The standard InChI is InChI=1S/C79H99F2N7O16Si2/c1-18-35-100-75(93)84-68(48(3)4)70(90)82-49(5)69(89)83-57-33-23-50(24-34-57)47-102-77(95)88-61-44-67(65(97-13)42-59(61)72(92)86-46-54(52-27-31-56(81)32-28-52)40-63(86)74(88)104-106(16,17)79(9,10)11)99-38-22-20-21-37-98-66-43-60-58(41-64(66)96-12)71(91)85-45-53(51-25-29-55(80)30-26-51)39-62(85)73(87(60)76(94)101-36-19-2)103-105(14,15)78(6,7)8/h18-19,23-34,41-46,48-49,62-63,68,73-74H,1-2,20-22,35-40,47H2,3-17H3,(H,82,90)(H,83,89)(H,84,93)/t49?,62-,63-,68?,73-,74-/m0/s1. The number of benzene rings is 5. The Bertz CT molecular complexity index is 4160. The van der Waals surface area contributed by atoms with Crippen molar-refractivity contribution in [2.75, 3.05) is 55.8 Å². The van der Waals surface area contributed by atoms with Gasteiger partial charge in [-0.25, -0.2) is 33.0 Å². The summed E-state index contributed by atoms with van der Waals surface area (Å²) >= 11 is 0. The van der Waals surface area contributed by atoms with Gasteiger partial charge in [0.2, 0.25) is 11.8 Å². The molecule has 568 valence electrons. The average molecular weight is 1500 g/mol. The number of carbonyl (C=O) groups excluding carboxylic acids is 7. The highest BCUT2D eigenvalue weighted by atomic mass is 28.4. The molecular weight excluding hydrogens is 1400 g/mol. The number of ether oxygens (including phenoxy) is 7. The van der Waals surface area contributed by atoms with E-state index in [1.54, 1.807) is 103 Å². The number of hydrogen-bond acceptors (Lipinski definition) is 16. The first-order valence-electron chi connectivity index (χ1n) is 35.5. The third-order valence-corrected chi connectivity index (χ3v) is 29.0. The number of fused-ring (bicyclic) bond motifs is 4. The molecule has 0 aromatic heterocycles. The van der Waals surface area contributed by atoms with E-state index in [9.17, 15) is 28.0 Å². The molecule has 4 aliphatic heterocycles. The molecule has 27 heteroatoms. The molecule has 4 heterocycles. The van der Waals surface area contributed by atoms with Crippen molar-refractivity contribution in [1.82, 2.24) is 20.4 Å². The van der Waals surface area contributed by atoms with Gasteiger partial charge in [-0.2, -0.15) is 0 Å². The first-order valence-corrected chi connectivity index (χ1v) is 41.3. The molecule has 0 radical (unpaired) electrons. The Hall–Kier alpha value is -9.84. The normalized spacial score (nSPS) is 17.8. The van der Waals surface area contributed by atoms with Crippen LogP contribution in [0.1, 0.15) is 132 Å². The number of unbranched alkanes of at least 4 members (excludes halogenated alkanes) is 2. The quantitative estimate of drug-likeness (QED) is 0.0182. The Morgan fingerprint density at radius 1 is 0.575 bits per heavy atom. The number of halogens is 2. The highest BCUT2D eigenvalue weighted by Crippen LogP contribution is 2.50. The van der Waals surface area contributed by atoms with Crippen LogP contribution in [0.15, 0.2) is 135 Å². The molecule has 9 rings (SSSR count). The van der Waals surface area contributed by atoms with Gasteiger partial charge >= 0.3 is 18.3 Å². The summed E-state index contributed by atoms with van der Waals surface area (Å²) in [6.45, 7) is 32.8. The Morgan fingerprint density at radius 2 is 1.01 bits per heavy atom. The summed E-state index contributed by atoms with van der Waals surface area (Å²) in [6.07, 6.45) is 3.69. The van der Waals surface area contributed by atoms with Crippen LogP contribution in [0.4, 0.5) is 40.2 Å². The lowest BCUT2D eigenvalue weighted by molar-refractivity contribution is -0.128. The van der Waals surface area contributed by atoms with E-state index in [0.717, 1.165) is 5.57 Å². The number of anilines is 3. The lowest BCUT2D eigenvalue weighted by Gasteiger charge is -2.44. The average Bonchev–Trinajstić information content (AvgIpc) is 1.58. The van der Waals surface area contributed by atoms with Crippen molar-refractivity contribution >= 4 is 86.8 Å². The summed E-state index contributed by atoms with van der Waals surface area (Å²) in [7, 11) is -2.73. The molecule has 23 nitrogen and oxygen atoms in total. The van der Waals surface area contributed by atoms with Gasteiger partial charge in [-0.3, -0.25) is 19.2 Å². The lowest BCUT2D eigenvalue weighted by Crippen LogP contribution is -2.57. The second kappa shape index (κ2) is 33.7. The largest absolute Gasteiger partial charge is 0.493 e. The van der Waals surface area contributed by atoms with E-state index in [0.29, 0.717) is 47.2 Å². The minimum Gasteiger partial charge on any atom is -0.493 e. The first-order chi connectivity index (χ1) is 50.1. The topological polar surface area (TPSA) is 252 Å². The van der Waals surface area contributed by atoms with Crippen molar-refractivity contribution in [1.29, 1.82) is 0 Å². The predicted octanol–water partition coefficient (Wildman–Crippen LogP) is 15.5. The van der Waals surface area contributed by atoms with E-state index < -0.39 is 112 Å². The molecule has 0 bridgehead atoms. The van der Waals surface area contributed by atoms with Gasteiger partial charge in [-0.05, 0) is 158 Å². The fourth-order valence-electron chi connectivity index (χ4n) is 12.1. The third-order valence-electron chi connectivity index (χ3n) is 20.1. The van der Waals surface area contributed by atoms with Crippen LogP contribution >= 0.6 is 0 Å². The van der Waals surface area contributed by atoms with Crippen molar-refractivity contribution in [2.24, 2.45) is 5.92 Å². The Kier molecular flexibility index (Phi) is 25.5. The second-order valence-corrected chi connectivity index (χ2v) is 39.5. The Balaban J connectivity index is 0.957. The van der Waals surface area contributed by atoms with Gasteiger partial charge in [0.1, 0.15) is 43.5 Å². The van der Waals surface area contributed by atoms with Gasteiger partial charge in [-0.15, -0.1) is 0 Å². The molecule has 5 aromatic carbocycles. The molecule has 6 atom stereocenters. The molecule has 0 aliphatic carbocycles. The van der Waals surface area contributed by atoms with Gasteiger partial charge in [0.15, 0.2) is 52.1 Å². The van der Waals surface area contributed by atoms with E-state index in [-0.39, 0.29) is 102 Å². The highest BCUT2D eigenvalue weighted by Gasteiger charge is 2.53. The molecule has 0 saturated heterocycles. The van der Waals surface area contributed by atoms with Crippen molar-refractivity contribution < 1.29 is 84.4 Å². The number of hydrogen-bond donors (Lipinski definition) is 3. The fourth-order valence-corrected chi connectivity index (χ4v) is 14.5. The van der Waals surface area contributed by atoms with Gasteiger partial charge < -0.3 is 67.8 Å². The monoisotopic (exact) mass is 1500 g/mol. The highest BCUT2D eigenvalue weighted by molar-refractivity contribution is 6.74. The molecule has 5 aromatic rings. The molecule has 7 amide bonds. The SMILES string of the molecule is C=CCOC(=O)NC(C(=O)NC(C)C(=O)Nc1ccc(COC(=O)N2c3cc(OCCCCCOc4cc5c(cc4OC)C(=O)N4C=C(c6ccc(F)cc6)C[C@H]4[C@H](O[Si](C)(C)C(C)(C)C)N5C(=O)OCC=C)c(OC)cc3C(=O)N3C=C(c4ccc(F)cc4)C[C@H]3[C@@H]2O[Si](C)(C)C(C)(C)C)cc1)C(C)C. The summed E-state index contributed by atoms with van der Waals surface area (Å²) in [4.78, 5) is 105. The zero-order valence-corrected chi connectivity index (χ0v) is 65.2.